The number of ketones is 1. The Kier molecular flexibility index (Phi) is 20.1. The molecule has 3 aromatic rings. The minimum absolute atomic E-state index is 0. The molecule has 1 saturated heterocycles. The first-order chi connectivity index (χ1) is 22.8. The molecule has 0 atom stereocenters. The summed E-state index contributed by atoms with van der Waals surface area (Å²) in [7, 11) is -4.02. The summed E-state index contributed by atoms with van der Waals surface area (Å²) in [6.07, 6.45) is 32.2. The summed E-state index contributed by atoms with van der Waals surface area (Å²) in [5.74, 6) is 0.454. The van der Waals surface area contributed by atoms with Gasteiger partial charge in [-0.05, 0) is 88.8 Å². The molecule has 0 bridgehead atoms. The number of likely N-dealkylation sites (tertiary alicyclic amines) is 1. The van der Waals surface area contributed by atoms with Crippen molar-refractivity contribution in [2.24, 2.45) is 0 Å². The Bertz CT molecular complexity index is 1370. The van der Waals surface area contributed by atoms with E-state index < -0.39 is 10.1 Å². The van der Waals surface area contributed by atoms with Gasteiger partial charge in [0, 0.05) is 44.9 Å². The van der Waals surface area contributed by atoms with Crippen molar-refractivity contribution in [2.45, 2.75) is 128 Å². The zero-order valence-corrected chi connectivity index (χ0v) is 28.8. The van der Waals surface area contributed by atoms with Gasteiger partial charge in [0.15, 0.2) is 0 Å². The van der Waals surface area contributed by atoms with Crippen molar-refractivity contribution in [3.8, 4) is 0 Å². The van der Waals surface area contributed by atoms with Gasteiger partial charge in [-0.25, -0.2) is 24.9 Å². The van der Waals surface area contributed by atoms with Crippen molar-refractivity contribution in [1.29, 1.82) is 0 Å². The molecule has 3 fully saturated rings. The van der Waals surface area contributed by atoms with Gasteiger partial charge in [-0.1, -0.05) is 63.3 Å². The summed E-state index contributed by atoms with van der Waals surface area (Å²) in [4.78, 5) is 31.5. The van der Waals surface area contributed by atoms with Crippen LogP contribution in [0.3, 0.4) is 0 Å². The maximum Gasteiger partial charge on any atom is 0.294 e. The lowest BCUT2D eigenvalue weighted by molar-refractivity contribution is -0.117. The van der Waals surface area contributed by atoms with Crippen molar-refractivity contribution < 1.29 is 19.2 Å². The van der Waals surface area contributed by atoms with E-state index in [4.69, 9.17) is 4.55 Å². The molecule has 48 heavy (non-hydrogen) atoms. The number of allylic oxidation sites excluding steroid dienone is 2. The lowest BCUT2D eigenvalue weighted by Crippen LogP contribution is -2.16. The summed E-state index contributed by atoms with van der Waals surface area (Å²) in [6.45, 7) is 4.49. The molecule has 4 aliphatic carbocycles. The van der Waals surface area contributed by atoms with E-state index in [1.54, 1.807) is 24.2 Å². The zero-order valence-electron chi connectivity index (χ0n) is 28.0. The summed E-state index contributed by atoms with van der Waals surface area (Å²) in [5.41, 5.74) is 5.19. The predicted octanol–water partition coefficient (Wildman–Crippen LogP) is 8.19. The van der Waals surface area contributed by atoms with Gasteiger partial charge in [0.25, 0.3) is 10.1 Å². The van der Waals surface area contributed by atoms with Crippen LogP contribution in [0.25, 0.3) is 0 Å². The number of fused-ring (bicyclic) bond motifs is 1. The number of aromatic nitrogens is 5. The summed E-state index contributed by atoms with van der Waals surface area (Å²) in [6, 6.07) is 5.99. The number of Topliss-reactive ketones (excluding diaryl/α,β-unsaturated/α-hetero) is 1. The molecule has 0 unspecified atom stereocenters. The van der Waals surface area contributed by atoms with Crippen molar-refractivity contribution in [3.63, 3.8) is 0 Å². The minimum atomic E-state index is -4.02. The standard InChI is InChI=1S/C9H15N.C7H8N2.C7H8O3S.C5H8O.C5H10.C3H3N3.CH4.H2/c1-2-6-9(5-1)10-7-3-4-8-10;1-2-6-4-8-5-9-7(6)3-1;1-6-2-4-7(5-3-6)11(8,9)10;6-5-3-1-2-4-5;1-2-4-5-3-1;1-4-2-6-3-5-1;;/h5H,1-4,6-8H2;4-5H,1-3H2;2-5H,1H3,(H,8,9,10);1-4H2;1-5H2;1-3H;1H4;1H/i;;;;;;;1+1. The van der Waals surface area contributed by atoms with E-state index >= 15 is 0 Å². The first kappa shape index (κ1) is 40.6. The summed E-state index contributed by atoms with van der Waals surface area (Å²) >= 11 is 0. The Balaban J connectivity index is 0.000000297. The second kappa shape index (κ2) is 23.7. The number of carbonyl (C=O) groups is 1. The third-order valence-electron chi connectivity index (χ3n) is 8.40. The third kappa shape index (κ3) is 17.0. The highest BCUT2D eigenvalue weighted by molar-refractivity contribution is 7.85. The Hall–Kier alpha value is -3.57. The third-order valence-corrected chi connectivity index (χ3v) is 9.27. The van der Waals surface area contributed by atoms with E-state index in [9.17, 15) is 13.2 Å². The molecule has 0 spiro atoms. The van der Waals surface area contributed by atoms with Crippen molar-refractivity contribution in [3.05, 3.63) is 84.4 Å². The lowest BCUT2D eigenvalue weighted by Gasteiger charge is -2.18. The highest BCUT2D eigenvalue weighted by Gasteiger charge is 2.16. The number of hydrogen-bond acceptors (Lipinski definition) is 9. The smallest absolute Gasteiger partial charge is 0.294 e. The number of benzene rings is 1. The van der Waals surface area contributed by atoms with Crippen LogP contribution in [0.15, 0.2) is 72.4 Å². The Morgan fingerprint density at radius 1 is 0.688 bits per heavy atom. The predicted molar refractivity (Wildman–Crippen MR) is 193 cm³/mol. The Morgan fingerprint density at radius 3 is 1.71 bits per heavy atom. The maximum absolute atomic E-state index is 10.5. The zero-order chi connectivity index (χ0) is 33.6. The highest BCUT2D eigenvalue weighted by Crippen LogP contribution is 2.24. The second-order valence-electron chi connectivity index (χ2n) is 12.2. The first-order valence-electron chi connectivity index (χ1n) is 17.2. The van der Waals surface area contributed by atoms with Crippen LogP contribution >= 0.6 is 0 Å². The Labute approximate surface area is 290 Å². The van der Waals surface area contributed by atoms with Crippen molar-refractivity contribution in [1.82, 2.24) is 29.8 Å². The minimum Gasteiger partial charge on any atom is -0.375 e. The van der Waals surface area contributed by atoms with Gasteiger partial charge in [-0.3, -0.25) is 9.35 Å². The van der Waals surface area contributed by atoms with Crippen LogP contribution in [-0.2, 0) is 27.8 Å². The molecular formula is C37H58N6O4S. The normalized spacial score (nSPS) is 17.2. The maximum atomic E-state index is 10.5. The summed E-state index contributed by atoms with van der Waals surface area (Å²) in [5, 5.41) is 0. The van der Waals surface area contributed by atoms with E-state index in [0.717, 1.165) is 37.7 Å². The quantitative estimate of drug-likeness (QED) is 0.263. The van der Waals surface area contributed by atoms with Crippen LogP contribution in [0.5, 0.6) is 0 Å². The van der Waals surface area contributed by atoms with Crippen LogP contribution in [0.2, 0.25) is 0 Å². The molecular weight excluding hydrogens is 625 g/mol. The van der Waals surface area contributed by atoms with E-state index in [0.29, 0.717) is 5.78 Å². The fourth-order valence-corrected chi connectivity index (χ4v) is 6.26. The number of hydrogen-bond donors (Lipinski definition) is 1. The first-order valence-corrected chi connectivity index (χ1v) is 18.6. The number of carbonyl (C=O) groups excluding carboxylic acids is 1. The van der Waals surface area contributed by atoms with E-state index in [1.165, 1.54) is 133 Å². The molecule has 8 rings (SSSR count). The van der Waals surface area contributed by atoms with Gasteiger partial charge in [-0.15, -0.1) is 0 Å². The SMILES string of the molecule is C.C1=C(N2CCCC2)CCC1.C1CCCC1.Cc1ccc(S(=O)(=O)O)cc1.O=C1CCCC1.[2HH].c1ncc2c(n1)CCC2.c1ncncn1. The number of rotatable bonds is 2. The molecule has 0 radical (unpaired) electrons. The molecule has 1 N–H and O–H groups in total. The van der Waals surface area contributed by atoms with Gasteiger partial charge >= 0.3 is 0 Å². The number of aryl methyl sites for hydroxylation is 3. The van der Waals surface area contributed by atoms with Gasteiger partial charge < -0.3 is 4.90 Å². The van der Waals surface area contributed by atoms with Gasteiger partial charge in [0.2, 0.25) is 0 Å². The largest absolute Gasteiger partial charge is 0.375 e. The van der Waals surface area contributed by atoms with Crippen molar-refractivity contribution in [2.75, 3.05) is 13.1 Å². The van der Waals surface area contributed by atoms with Crippen LogP contribution in [-0.4, -0.2) is 61.7 Å². The van der Waals surface area contributed by atoms with E-state index in [2.05, 4.69) is 35.9 Å². The second-order valence-corrected chi connectivity index (χ2v) is 13.6. The van der Waals surface area contributed by atoms with Crippen LogP contribution in [0.4, 0.5) is 0 Å². The average Bonchev–Trinajstić information content (AvgIpc) is 3.94. The summed E-state index contributed by atoms with van der Waals surface area (Å²) < 4.78 is 29.6. The fraction of sp³-hybridized carbons (Fsp3) is 0.568. The highest BCUT2D eigenvalue weighted by atomic mass is 32.2. The molecule has 10 nitrogen and oxygen atoms in total. The van der Waals surface area contributed by atoms with E-state index in [1.807, 2.05) is 13.1 Å². The molecule has 1 aliphatic heterocycles. The molecule has 0 amide bonds. The fourth-order valence-electron chi connectivity index (χ4n) is 5.78. The molecule has 11 heteroatoms. The van der Waals surface area contributed by atoms with Crippen LogP contribution < -0.4 is 0 Å². The molecule has 3 heterocycles. The van der Waals surface area contributed by atoms with Gasteiger partial charge in [0.1, 0.15) is 31.1 Å². The molecule has 2 saturated carbocycles. The monoisotopic (exact) mass is 683 g/mol. The average molecular weight is 684 g/mol. The topological polar surface area (TPSA) is 139 Å². The van der Waals surface area contributed by atoms with E-state index in [-0.39, 0.29) is 13.7 Å². The van der Waals surface area contributed by atoms with Crippen LogP contribution in [0, 0.1) is 6.92 Å². The Morgan fingerprint density at radius 2 is 1.27 bits per heavy atom. The van der Waals surface area contributed by atoms with Gasteiger partial charge in [-0.2, -0.15) is 8.42 Å². The number of nitrogens with zero attached hydrogens (tertiary/aromatic N) is 6. The molecule has 266 valence electrons. The molecule has 5 aliphatic rings. The molecule has 2 aromatic heterocycles. The van der Waals surface area contributed by atoms with Crippen molar-refractivity contribution >= 4 is 15.9 Å². The van der Waals surface area contributed by atoms with Gasteiger partial charge in [0.05, 0.1) is 4.90 Å². The molecule has 1 aromatic carbocycles. The lowest BCUT2D eigenvalue weighted by atomic mass is 10.2. The van der Waals surface area contributed by atoms with Crippen LogP contribution in [0.1, 0.15) is 122 Å².